The summed E-state index contributed by atoms with van der Waals surface area (Å²) in [6.45, 7) is 10.1. The minimum absolute atomic E-state index is 0.00462. The second-order valence-corrected chi connectivity index (χ2v) is 7.88. The Balaban J connectivity index is 4.98. The van der Waals surface area contributed by atoms with Crippen molar-refractivity contribution < 1.29 is 19.1 Å². The molecular formula is C14H24N2O4Se2. The molecule has 0 atom stereocenters. The molecular weight excluding hydrogens is 418 g/mol. The Kier molecular flexibility index (Phi) is 11.3. The van der Waals surface area contributed by atoms with Crippen molar-refractivity contribution in [1.82, 2.24) is 9.80 Å². The predicted molar refractivity (Wildman–Crippen MR) is 88.2 cm³/mol. The zero-order chi connectivity index (χ0) is 17.1. The summed E-state index contributed by atoms with van der Waals surface area (Å²) in [7, 11) is 1.29. The van der Waals surface area contributed by atoms with Crippen LogP contribution in [0.3, 0.4) is 0 Å². The van der Waals surface area contributed by atoms with Crippen molar-refractivity contribution in [1.29, 1.82) is 0 Å². The first-order valence-electron chi connectivity index (χ1n) is 7.15. The zero-order valence-corrected chi connectivity index (χ0v) is 17.2. The van der Waals surface area contributed by atoms with E-state index in [0.717, 1.165) is 0 Å². The van der Waals surface area contributed by atoms with Gasteiger partial charge in [-0.15, -0.1) is 0 Å². The van der Waals surface area contributed by atoms with Crippen molar-refractivity contribution in [2.24, 2.45) is 0 Å². The van der Waals surface area contributed by atoms with Gasteiger partial charge in [-0.05, 0) is 0 Å². The first-order chi connectivity index (χ1) is 10.4. The molecule has 8 heteroatoms. The molecule has 0 saturated heterocycles. The standard InChI is InChI=1S/C14H24N2O4Se2/c1-6-15(7-2)13(18)21-10-11(12(17)20-5)22-14(19)16(8-3)9-4/h10H,6-9H2,1-5H3/b11-10-. The van der Waals surface area contributed by atoms with Gasteiger partial charge in [0.05, 0.1) is 0 Å². The third-order valence-electron chi connectivity index (χ3n) is 2.89. The van der Waals surface area contributed by atoms with Crippen LogP contribution in [-0.2, 0) is 9.53 Å². The SMILES string of the molecule is CCN(CC)C(=O)[Se]/C=C(\[Se]C(=O)N(CC)CC)C(=O)OC. The molecule has 0 saturated carbocycles. The fraction of sp³-hybridized carbons (Fsp3) is 0.643. The number of hydrogen-bond acceptors (Lipinski definition) is 4. The van der Waals surface area contributed by atoms with Crippen LogP contribution in [0.1, 0.15) is 27.7 Å². The average molecular weight is 442 g/mol. The third kappa shape index (κ3) is 6.97. The maximum atomic E-state index is 12.1. The second kappa shape index (κ2) is 11.7. The molecule has 126 valence electrons. The van der Waals surface area contributed by atoms with Crippen LogP contribution >= 0.6 is 0 Å². The molecule has 2 amide bonds. The summed E-state index contributed by atoms with van der Waals surface area (Å²) in [4.78, 5) is 40.9. The quantitative estimate of drug-likeness (QED) is 0.307. The fourth-order valence-corrected chi connectivity index (χ4v) is 5.71. The topological polar surface area (TPSA) is 66.9 Å². The first kappa shape index (κ1) is 21.2. The summed E-state index contributed by atoms with van der Waals surface area (Å²) in [5.74, 6) is -0.519. The third-order valence-corrected chi connectivity index (χ3v) is 7.32. The van der Waals surface area contributed by atoms with Gasteiger partial charge in [-0.3, -0.25) is 0 Å². The van der Waals surface area contributed by atoms with E-state index in [9.17, 15) is 14.4 Å². The molecule has 0 rings (SSSR count). The van der Waals surface area contributed by atoms with Gasteiger partial charge in [-0.25, -0.2) is 0 Å². The van der Waals surface area contributed by atoms with E-state index in [1.807, 2.05) is 27.7 Å². The number of methoxy groups -OCH3 is 1. The van der Waals surface area contributed by atoms with E-state index < -0.39 is 35.9 Å². The van der Waals surface area contributed by atoms with E-state index in [2.05, 4.69) is 0 Å². The van der Waals surface area contributed by atoms with Gasteiger partial charge in [-0.2, -0.15) is 0 Å². The summed E-state index contributed by atoms with van der Waals surface area (Å²) >= 11 is -1.16. The molecule has 0 N–H and O–H groups in total. The molecule has 0 unspecified atom stereocenters. The minimum atomic E-state index is -0.662. The molecule has 0 aliphatic heterocycles. The molecule has 0 aromatic carbocycles. The van der Waals surface area contributed by atoms with Crippen molar-refractivity contribution in [3.05, 3.63) is 9.45 Å². The van der Waals surface area contributed by atoms with Crippen LogP contribution in [0, 0.1) is 0 Å². The Hall–Kier alpha value is -0.811. The van der Waals surface area contributed by atoms with Gasteiger partial charge < -0.3 is 0 Å². The molecule has 0 aliphatic rings. The average Bonchev–Trinajstić information content (AvgIpc) is 2.52. The molecule has 0 spiro atoms. The second-order valence-electron chi connectivity index (χ2n) is 4.07. The summed E-state index contributed by atoms with van der Waals surface area (Å²) < 4.78 is 5.05. The molecule has 22 heavy (non-hydrogen) atoms. The number of nitrogens with zero attached hydrogens (tertiary/aromatic N) is 2. The fourth-order valence-electron chi connectivity index (χ4n) is 1.52. The Morgan fingerprint density at radius 2 is 1.36 bits per heavy atom. The van der Waals surface area contributed by atoms with Crippen molar-refractivity contribution in [3.63, 3.8) is 0 Å². The van der Waals surface area contributed by atoms with Crippen molar-refractivity contribution in [2.75, 3.05) is 33.3 Å². The number of rotatable bonds is 9. The molecule has 0 heterocycles. The van der Waals surface area contributed by atoms with Gasteiger partial charge in [0.1, 0.15) is 0 Å². The number of ether oxygens (including phenoxy) is 1. The van der Waals surface area contributed by atoms with E-state index in [-0.39, 0.29) is 9.61 Å². The Bertz CT molecular complexity index is 419. The Morgan fingerprint density at radius 3 is 1.77 bits per heavy atom. The number of esters is 1. The van der Waals surface area contributed by atoms with Crippen LogP contribution in [0.15, 0.2) is 9.45 Å². The summed E-state index contributed by atoms with van der Waals surface area (Å²) in [5, 5.41) is 0. The summed E-state index contributed by atoms with van der Waals surface area (Å²) in [5.41, 5.74) is 0. The van der Waals surface area contributed by atoms with E-state index in [1.54, 1.807) is 14.8 Å². The van der Waals surface area contributed by atoms with Gasteiger partial charge in [0.25, 0.3) is 0 Å². The predicted octanol–water partition coefficient (Wildman–Crippen LogP) is 1.33. The van der Waals surface area contributed by atoms with Crippen LogP contribution in [0.4, 0.5) is 9.59 Å². The summed E-state index contributed by atoms with van der Waals surface area (Å²) in [6.07, 6.45) is 0. The number of carbonyl (C=O) groups excluding carboxylic acids is 3. The molecule has 0 aromatic rings. The maximum absolute atomic E-state index is 12.1. The van der Waals surface area contributed by atoms with Crippen LogP contribution in [0.25, 0.3) is 0 Å². The van der Waals surface area contributed by atoms with Crippen molar-refractivity contribution in [3.8, 4) is 0 Å². The van der Waals surface area contributed by atoms with Crippen LogP contribution in [0.5, 0.6) is 0 Å². The molecule has 0 fully saturated rings. The van der Waals surface area contributed by atoms with Gasteiger partial charge in [0, 0.05) is 0 Å². The zero-order valence-electron chi connectivity index (χ0n) is 13.7. The van der Waals surface area contributed by atoms with E-state index in [0.29, 0.717) is 30.7 Å². The van der Waals surface area contributed by atoms with Gasteiger partial charge in [0.15, 0.2) is 0 Å². The molecule has 0 aliphatic carbocycles. The Morgan fingerprint density at radius 1 is 0.909 bits per heavy atom. The van der Waals surface area contributed by atoms with Gasteiger partial charge in [0.2, 0.25) is 0 Å². The normalized spacial score (nSPS) is 11.0. The van der Waals surface area contributed by atoms with Crippen molar-refractivity contribution in [2.45, 2.75) is 27.7 Å². The van der Waals surface area contributed by atoms with Gasteiger partial charge >= 0.3 is 145 Å². The summed E-state index contributed by atoms with van der Waals surface area (Å²) in [6, 6.07) is 0. The number of carbonyl (C=O) groups is 3. The molecule has 6 nitrogen and oxygen atoms in total. The van der Waals surface area contributed by atoms with Crippen molar-refractivity contribution >= 4 is 45.5 Å². The number of hydrogen-bond donors (Lipinski definition) is 0. The van der Waals surface area contributed by atoms with Crippen LogP contribution in [-0.4, -0.2) is 88.6 Å². The first-order valence-corrected chi connectivity index (χ1v) is 10.7. The molecule has 0 aromatic heterocycles. The Labute approximate surface area is 144 Å². The molecule has 0 radical (unpaired) electrons. The van der Waals surface area contributed by atoms with E-state index >= 15 is 0 Å². The molecule has 0 bridgehead atoms. The van der Waals surface area contributed by atoms with Crippen LogP contribution in [0.2, 0.25) is 0 Å². The monoisotopic (exact) mass is 444 g/mol. The number of amides is 2. The van der Waals surface area contributed by atoms with E-state index in [4.69, 9.17) is 4.74 Å². The van der Waals surface area contributed by atoms with Gasteiger partial charge in [-0.1, -0.05) is 0 Å². The van der Waals surface area contributed by atoms with E-state index in [1.165, 1.54) is 7.11 Å². The van der Waals surface area contributed by atoms with Crippen LogP contribution < -0.4 is 0 Å².